The SMILES string of the molecule is O=C(Nc1ccc(C(F)(F)F)cc1)Nc1ccc2c(c1)N(C(=O)c1ccccc1)CCC2. The Morgan fingerprint density at radius 2 is 1.50 bits per heavy atom. The largest absolute Gasteiger partial charge is 0.416 e. The van der Waals surface area contributed by atoms with E-state index in [1.165, 1.54) is 12.1 Å². The number of aryl methyl sites for hydroxylation is 1. The summed E-state index contributed by atoms with van der Waals surface area (Å²) in [5, 5.41) is 5.19. The third kappa shape index (κ3) is 4.74. The van der Waals surface area contributed by atoms with Crippen LogP contribution in [0, 0.1) is 0 Å². The summed E-state index contributed by atoms with van der Waals surface area (Å²) in [6, 6.07) is 17.9. The summed E-state index contributed by atoms with van der Waals surface area (Å²) < 4.78 is 38.0. The molecule has 3 aromatic carbocycles. The number of carbonyl (C=O) groups is 2. The van der Waals surface area contributed by atoms with E-state index >= 15 is 0 Å². The molecular weight excluding hydrogens is 419 g/mol. The van der Waals surface area contributed by atoms with E-state index in [9.17, 15) is 22.8 Å². The molecule has 0 saturated heterocycles. The summed E-state index contributed by atoms with van der Waals surface area (Å²) in [6.45, 7) is 0.571. The Balaban J connectivity index is 1.48. The molecular formula is C24H20F3N3O2. The average molecular weight is 439 g/mol. The second kappa shape index (κ2) is 8.74. The number of halogens is 3. The molecule has 3 aromatic rings. The molecule has 1 aliphatic rings. The van der Waals surface area contributed by atoms with Gasteiger partial charge in [0.1, 0.15) is 0 Å². The fraction of sp³-hybridized carbons (Fsp3) is 0.167. The minimum atomic E-state index is -4.44. The number of anilines is 3. The molecule has 2 N–H and O–H groups in total. The van der Waals surface area contributed by atoms with Gasteiger partial charge in [-0.1, -0.05) is 24.3 Å². The zero-order chi connectivity index (χ0) is 22.7. The van der Waals surface area contributed by atoms with Gasteiger partial charge >= 0.3 is 12.2 Å². The molecule has 0 aromatic heterocycles. The van der Waals surface area contributed by atoms with E-state index in [-0.39, 0.29) is 11.6 Å². The lowest BCUT2D eigenvalue weighted by atomic mass is 10.00. The first-order valence-electron chi connectivity index (χ1n) is 10.1. The Morgan fingerprint density at radius 1 is 0.844 bits per heavy atom. The predicted octanol–water partition coefficient (Wildman–Crippen LogP) is 5.94. The van der Waals surface area contributed by atoms with Gasteiger partial charge in [0.2, 0.25) is 0 Å². The number of carbonyl (C=O) groups excluding carboxylic acids is 2. The highest BCUT2D eigenvalue weighted by Crippen LogP contribution is 2.32. The van der Waals surface area contributed by atoms with Gasteiger partial charge in [-0.25, -0.2) is 4.79 Å². The van der Waals surface area contributed by atoms with Crippen molar-refractivity contribution in [3.05, 3.63) is 89.5 Å². The van der Waals surface area contributed by atoms with Gasteiger partial charge in [0.15, 0.2) is 0 Å². The van der Waals surface area contributed by atoms with Gasteiger partial charge in [0.05, 0.1) is 5.56 Å². The van der Waals surface area contributed by atoms with Crippen LogP contribution in [-0.2, 0) is 12.6 Å². The summed E-state index contributed by atoms with van der Waals surface area (Å²) in [5.41, 5.74) is 2.24. The van der Waals surface area contributed by atoms with Crippen molar-refractivity contribution in [2.24, 2.45) is 0 Å². The third-order valence-corrected chi connectivity index (χ3v) is 5.20. The molecule has 0 atom stereocenters. The Labute approximate surface area is 182 Å². The summed E-state index contributed by atoms with van der Waals surface area (Å²) in [7, 11) is 0. The van der Waals surface area contributed by atoms with Crippen molar-refractivity contribution in [2.75, 3.05) is 22.1 Å². The van der Waals surface area contributed by atoms with Crippen LogP contribution in [0.1, 0.15) is 27.9 Å². The van der Waals surface area contributed by atoms with E-state index < -0.39 is 17.8 Å². The zero-order valence-corrected chi connectivity index (χ0v) is 16.9. The standard InChI is InChI=1S/C24H20F3N3O2/c25-24(26,27)18-9-12-19(13-10-18)28-23(32)29-20-11-8-16-7-4-14-30(21(16)15-20)22(31)17-5-2-1-3-6-17/h1-3,5-6,8-13,15H,4,7,14H2,(H2,28,29,32). The van der Waals surface area contributed by atoms with E-state index in [1.807, 2.05) is 24.3 Å². The molecule has 0 fully saturated rings. The Bertz CT molecular complexity index is 1130. The van der Waals surface area contributed by atoms with Crippen molar-refractivity contribution in [3.63, 3.8) is 0 Å². The Hall–Kier alpha value is -3.81. The lowest BCUT2D eigenvalue weighted by Gasteiger charge is -2.30. The highest BCUT2D eigenvalue weighted by atomic mass is 19.4. The summed E-state index contributed by atoms with van der Waals surface area (Å²) >= 11 is 0. The molecule has 1 aliphatic heterocycles. The van der Waals surface area contributed by atoms with E-state index in [0.29, 0.717) is 17.8 Å². The predicted molar refractivity (Wildman–Crippen MR) is 117 cm³/mol. The van der Waals surface area contributed by atoms with Gasteiger partial charge in [-0.3, -0.25) is 4.79 Å². The minimum Gasteiger partial charge on any atom is -0.308 e. The molecule has 8 heteroatoms. The second-order valence-electron chi connectivity index (χ2n) is 7.42. The zero-order valence-electron chi connectivity index (χ0n) is 16.9. The number of fused-ring (bicyclic) bond motifs is 1. The summed E-state index contributed by atoms with van der Waals surface area (Å²) in [4.78, 5) is 27.0. The fourth-order valence-corrected chi connectivity index (χ4v) is 3.64. The highest BCUT2D eigenvalue weighted by Gasteiger charge is 2.30. The fourth-order valence-electron chi connectivity index (χ4n) is 3.64. The van der Waals surface area contributed by atoms with Crippen molar-refractivity contribution < 1.29 is 22.8 Å². The van der Waals surface area contributed by atoms with E-state index in [4.69, 9.17) is 0 Å². The second-order valence-corrected chi connectivity index (χ2v) is 7.42. The number of rotatable bonds is 3. The van der Waals surface area contributed by atoms with Gasteiger partial charge < -0.3 is 15.5 Å². The lowest BCUT2D eigenvalue weighted by Crippen LogP contribution is -2.35. The maximum Gasteiger partial charge on any atom is 0.416 e. The number of hydrogen-bond acceptors (Lipinski definition) is 2. The van der Waals surface area contributed by atoms with Crippen LogP contribution in [0.25, 0.3) is 0 Å². The summed E-state index contributed by atoms with van der Waals surface area (Å²) in [6.07, 6.45) is -2.77. The molecule has 5 nitrogen and oxygen atoms in total. The van der Waals surface area contributed by atoms with Crippen molar-refractivity contribution >= 4 is 29.0 Å². The van der Waals surface area contributed by atoms with Gasteiger partial charge in [-0.15, -0.1) is 0 Å². The normalized spacial score (nSPS) is 13.3. The lowest BCUT2D eigenvalue weighted by molar-refractivity contribution is -0.137. The van der Waals surface area contributed by atoms with Crippen LogP contribution in [0.5, 0.6) is 0 Å². The molecule has 0 radical (unpaired) electrons. The van der Waals surface area contributed by atoms with Crippen LogP contribution >= 0.6 is 0 Å². The van der Waals surface area contributed by atoms with E-state index in [1.54, 1.807) is 29.2 Å². The van der Waals surface area contributed by atoms with Gasteiger partial charge in [-0.2, -0.15) is 13.2 Å². The van der Waals surface area contributed by atoms with Crippen LogP contribution in [0.3, 0.4) is 0 Å². The number of urea groups is 1. The van der Waals surface area contributed by atoms with E-state index in [2.05, 4.69) is 10.6 Å². The number of benzene rings is 3. The van der Waals surface area contributed by atoms with Gasteiger partial charge in [-0.05, 0) is 66.9 Å². The number of hydrogen-bond donors (Lipinski definition) is 2. The van der Waals surface area contributed by atoms with Crippen LogP contribution < -0.4 is 15.5 Å². The highest BCUT2D eigenvalue weighted by molar-refractivity contribution is 6.07. The van der Waals surface area contributed by atoms with Crippen LogP contribution in [0.4, 0.5) is 35.0 Å². The van der Waals surface area contributed by atoms with Crippen LogP contribution in [0.15, 0.2) is 72.8 Å². The number of amides is 3. The van der Waals surface area contributed by atoms with Gasteiger partial charge in [0.25, 0.3) is 5.91 Å². The van der Waals surface area contributed by atoms with Gasteiger partial charge in [0, 0.05) is 29.2 Å². The first-order chi connectivity index (χ1) is 15.3. The summed E-state index contributed by atoms with van der Waals surface area (Å²) in [5.74, 6) is -0.113. The van der Waals surface area contributed by atoms with E-state index in [0.717, 1.165) is 36.2 Å². The molecule has 1 heterocycles. The van der Waals surface area contributed by atoms with Crippen molar-refractivity contribution in [3.8, 4) is 0 Å². The van der Waals surface area contributed by atoms with Crippen LogP contribution in [0.2, 0.25) is 0 Å². The smallest absolute Gasteiger partial charge is 0.308 e. The molecule has 164 valence electrons. The van der Waals surface area contributed by atoms with Crippen molar-refractivity contribution in [2.45, 2.75) is 19.0 Å². The Kier molecular flexibility index (Phi) is 5.85. The number of nitrogens with one attached hydrogen (secondary N) is 2. The first-order valence-corrected chi connectivity index (χ1v) is 10.1. The molecule has 0 aliphatic carbocycles. The molecule has 4 rings (SSSR count). The third-order valence-electron chi connectivity index (χ3n) is 5.20. The van der Waals surface area contributed by atoms with Crippen molar-refractivity contribution in [1.82, 2.24) is 0 Å². The quantitative estimate of drug-likeness (QED) is 0.530. The molecule has 32 heavy (non-hydrogen) atoms. The molecule has 0 spiro atoms. The first kappa shape index (κ1) is 21.4. The topological polar surface area (TPSA) is 61.4 Å². The molecule has 0 unspecified atom stereocenters. The average Bonchev–Trinajstić information content (AvgIpc) is 2.78. The monoisotopic (exact) mass is 439 g/mol. The molecule has 3 amide bonds. The Morgan fingerprint density at radius 3 is 2.19 bits per heavy atom. The molecule has 0 bridgehead atoms. The minimum absolute atomic E-state index is 0.113. The van der Waals surface area contributed by atoms with Crippen LogP contribution in [-0.4, -0.2) is 18.5 Å². The maximum atomic E-state index is 13.0. The number of alkyl halides is 3. The molecule has 0 saturated carbocycles. The number of nitrogens with zero attached hydrogens (tertiary/aromatic N) is 1. The van der Waals surface area contributed by atoms with Crippen molar-refractivity contribution in [1.29, 1.82) is 0 Å². The maximum absolute atomic E-state index is 13.0.